The molecule has 0 aliphatic heterocycles. The maximum absolute atomic E-state index is 13.2. The molecule has 0 fully saturated rings. The number of anilines is 1. The third-order valence-corrected chi connectivity index (χ3v) is 5.32. The van der Waals surface area contributed by atoms with Crippen molar-refractivity contribution in [1.82, 2.24) is 4.57 Å². The van der Waals surface area contributed by atoms with E-state index in [-0.39, 0.29) is 11.3 Å². The number of methoxy groups -OCH3 is 1. The summed E-state index contributed by atoms with van der Waals surface area (Å²) in [5.74, 6) is 0.532. The number of nitrogens with two attached hydrogens (primary N) is 1. The van der Waals surface area contributed by atoms with Crippen LogP contribution in [0.3, 0.4) is 0 Å². The molecule has 0 unspecified atom stereocenters. The smallest absolute Gasteiger partial charge is 0.259 e. The Labute approximate surface area is 158 Å². The van der Waals surface area contributed by atoms with E-state index >= 15 is 0 Å². The normalized spacial score (nSPS) is 12.3. The molecule has 132 valence electrons. The number of nitrogens with zero attached hydrogens (tertiary/aromatic N) is 1. The van der Waals surface area contributed by atoms with Crippen LogP contribution in [0.15, 0.2) is 41.2 Å². The standard InChI is InChI=1S/C20H17BrN2O3/c1-26-12-4-6-14-15(10-12)19(24)17-13-5-3-11(22)9-16(13)20(25)23(18(14)17)8-2-7-21/h3-6,9-10H,2,7-8,22H2,1H3. The summed E-state index contributed by atoms with van der Waals surface area (Å²) in [6.45, 7) is 0.524. The lowest BCUT2D eigenvalue weighted by Crippen LogP contribution is -2.23. The highest BCUT2D eigenvalue weighted by Crippen LogP contribution is 2.41. The molecule has 0 amide bonds. The third kappa shape index (κ3) is 2.36. The van der Waals surface area contributed by atoms with Crippen molar-refractivity contribution in [3.05, 3.63) is 57.9 Å². The quantitative estimate of drug-likeness (QED) is 0.410. The number of ether oxygens (including phenoxy) is 1. The summed E-state index contributed by atoms with van der Waals surface area (Å²) < 4.78 is 6.97. The lowest BCUT2D eigenvalue weighted by molar-refractivity contribution is 0.104. The van der Waals surface area contributed by atoms with E-state index < -0.39 is 0 Å². The molecule has 4 rings (SSSR count). The lowest BCUT2D eigenvalue weighted by Gasteiger charge is -2.15. The Hall–Kier alpha value is -2.60. The van der Waals surface area contributed by atoms with Gasteiger partial charge in [-0.05, 0) is 36.8 Å². The number of hydrogen-bond donors (Lipinski definition) is 1. The molecule has 2 aromatic carbocycles. The molecule has 0 radical (unpaired) electrons. The maximum atomic E-state index is 13.2. The number of benzene rings is 2. The van der Waals surface area contributed by atoms with Gasteiger partial charge in [0, 0.05) is 39.5 Å². The van der Waals surface area contributed by atoms with Gasteiger partial charge in [0.25, 0.3) is 5.56 Å². The van der Waals surface area contributed by atoms with Gasteiger partial charge in [-0.1, -0.05) is 22.0 Å². The molecule has 3 aromatic rings. The molecule has 5 nitrogen and oxygen atoms in total. The second-order valence-electron chi connectivity index (χ2n) is 6.27. The zero-order valence-corrected chi connectivity index (χ0v) is 15.8. The number of nitrogen functional groups attached to an aromatic ring is 1. The van der Waals surface area contributed by atoms with Crippen LogP contribution in [0.4, 0.5) is 5.69 Å². The Morgan fingerprint density at radius 2 is 1.88 bits per heavy atom. The average molecular weight is 413 g/mol. The van der Waals surface area contributed by atoms with E-state index in [1.165, 1.54) is 0 Å². The fourth-order valence-electron chi connectivity index (χ4n) is 3.59. The minimum absolute atomic E-state index is 0.0868. The van der Waals surface area contributed by atoms with Crippen molar-refractivity contribution in [2.45, 2.75) is 13.0 Å². The minimum atomic E-state index is -0.122. The molecule has 0 saturated carbocycles. The molecule has 0 saturated heterocycles. The molecular formula is C20H17BrN2O3. The zero-order valence-electron chi connectivity index (χ0n) is 14.2. The predicted molar refractivity (Wildman–Crippen MR) is 106 cm³/mol. The first-order chi connectivity index (χ1) is 12.6. The molecule has 0 spiro atoms. The molecule has 6 heteroatoms. The minimum Gasteiger partial charge on any atom is -0.497 e. The van der Waals surface area contributed by atoms with Gasteiger partial charge in [-0.15, -0.1) is 0 Å². The van der Waals surface area contributed by atoms with E-state index in [0.717, 1.165) is 17.3 Å². The van der Waals surface area contributed by atoms with E-state index in [0.29, 0.717) is 45.6 Å². The summed E-state index contributed by atoms with van der Waals surface area (Å²) in [7, 11) is 1.57. The molecule has 26 heavy (non-hydrogen) atoms. The Bertz CT molecular complexity index is 1120. The van der Waals surface area contributed by atoms with Gasteiger partial charge in [-0.25, -0.2) is 0 Å². The van der Waals surface area contributed by atoms with Gasteiger partial charge in [0.05, 0.1) is 18.4 Å². The number of alkyl halides is 1. The van der Waals surface area contributed by atoms with Gasteiger partial charge in [-0.3, -0.25) is 9.59 Å². The van der Waals surface area contributed by atoms with E-state index in [4.69, 9.17) is 10.5 Å². The maximum Gasteiger partial charge on any atom is 0.259 e. The highest BCUT2D eigenvalue weighted by atomic mass is 79.9. The van der Waals surface area contributed by atoms with Crippen molar-refractivity contribution in [3.8, 4) is 17.0 Å². The van der Waals surface area contributed by atoms with Crippen molar-refractivity contribution < 1.29 is 9.53 Å². The van der Waals surface area contributed by atoms with Crippen LogP contribution in [0.1, 0.15) is 22.3 Å². The summed E-state index contributed by atoms with van der Waals surface area (Å²) in [4.78, 5) is 26.3. The molecule has 1 aliphatic carbocycles. The van der Waals surface area contributed by atoms with Crippen LogP contribution in [-0.4, -0.2) is 22.8 Å². The molecule has 0 atom stereocenters. The third-order valence-electron chi connectivity index (χ3n) is 4.76. The highest BCUT2D eigenvalue weighted by Gasteiger charge is 2.32. The fraction of sp³-hybridized carbons (Fsp3) is 0.200. The number of hydrogen-bond acceptors (Lipinski definition) is 4. The summed E-state index contributed by atoms with van der Waals surface area (Å²) >= 11 is 3.42. The second kappa shape index (κ2) is 6.29. The van der Waals surface area contributed by atoms with Gasteiger partial charge >= 0.3 is 0 Å². The molecule has 2 N–H and O–H groups in total. The summed E-state index contributed by atoms with van der Waals surface area (Å²) in [6, 6.07) is 10.5. The molecule has 1 aliphatic rings. The van der Waals surface area contributed by atoms with Crippen LogP contribution in [0.25, 0.3) is 22.0 Å². The number of rotatable bonds is 4. The van der Waals surface area contributed by atoms with Gasteiger partial charge in [0.1, 0.15) is 5.75 Å². The van der Waals surface area contributed by atoms with Gasteiger partial charge < -0.3 is 15.0 Å². The van der Waals surface area contributed by atoms with Crippen molar-refractivity contribution in [2.24, 2.45) is 0 Å². The van der Waals surface area contributed by atoms with Crippen LogP contribution in [-0.2, 0) is 6.54 Å². The van der Waals surface area contributed by atoms with Crippen LogP contribution in [0.5, 0.6) is 5.75 Å². The van der Waals surface area contributed by atoms with Crippen molar-refractivity contribution in [3.63, 3.8) is 0 Å². The number of aromatic nitrogens is 1. The Kier molecular flexibility index (Phi) is 4.07. The first-order valence-electron chi connectivity index (χ1n) is 8.32. The zero-order chi connectivity index (χ0) is 18.4. The molecule has 0 bridgehead atoms. The van der Waals surface area contributed by atoms with E-state index in [1.807, 2.05) is 12.1 Å². The fourth-order valence-corrected chi connectivity index (χ4v) is 3.84. The predicted octanol–water partition coefficient (Wildman–Crippen LogP) is 3.59. The summed E-state index contributed by atoms with van der Waals surface area (Å²) in [6.07, 6.45) is 0.778. The Morgan fingerprint density at radius 1 is 1.08 bits per heavy atom. The molecule has 1 aromatic heterocycles. The number of carbonyl (C=O) groups is 1. The van der Waals surface area contributed by atoms with Gasteiger partial charge in [0.2, 0.25) is 0 Å². The van der Waals surface area contributed by atoms with Gasteiger partial charge in [-0.2, -0.15) is 0 Å². The van der Waals surface area contributed by atoms with Crippen LogP contribution < -0.4 is 16.0 Å². The number of ketones is 1. The average Bonchev–Trinajstić information content (AvgIpc) is 2.94. The number of halogens is 1. The van der Waals surface area contributed by atoms with Crippen LogP contribution >= 0.6 is 15.9 Å². The molecule has 1 heterocycles. The van der Waals surface area contributed by atoms with Crippen LogP contribution in [0.2, 0.25) is 0 Å². The van der Waals surface area contributed by atoms with Crippen molar-refractivity contribution in [1.29, 1.82) is 0 Å². The highest BCUT2D eigenvalue weighted by molar-refractivity contribution is 9.09. The number of carbonyl (C=O) groups excluding carboxylic acids is 1. The summed E-state index contributed by atoms with van der Waals surface area (Å²) in [5.41, 5.74) is 8.87. The first kappa shape index (κ1) is 16.8. The van der Waals surface area contributed by atoms with E-state index in [1.54, 1.807) is 35.9 Å². The summed E-state index contributed by atoms with van der Waals surface area (Å²) in [5, 5.41) is 1.90. The monoisotopic (exact) mass is 412 g/mol. The van der Waals surface area contributed by atoms with Crippen molar-refractivity contribution >= 4 is 38.2 Å². The van der Waals surface area contributed by atoms with E-state index in [2.05, 4.69) is 15.9 Å². The Balaban J connectivity index is 2.12. The number of fused-ring (bicyclic) bond motifs is 5. The first-order valence-corrected chi connectivity index (χ1v) is 9.44. The Morgan fingerprint density at radius 3 is 2.62 bits per heavy atom. The van der Waals surface area contributed by atoms with Crippen LogP contribution in [0, 0.1) is 0 Å². The topological polar surface area (TPSA) is 74.3 Å². The largest absolute Gasteiger partial charge is 0.497 e. The molecular weight excluding hydrogens is 396 g/mol. The van der Waals surface area contributed by atoms with Gasteiger partial charge in [0.15, 0.2) is 5.78 Å². The lowest BCUT2D eigenvalue weighted by atomic mass is 10.0. The number of pyridine rings is 1. The second-order valence-corrected chi connectivity index (χ2v) is 7.06. The van der Waals surface area contributed by atoms with E-state index in [9.17, 15) is 9.59 Å². The van der Waals surface area contributed by atoms with Crippen molar-refractivity contribution in [2.75, 3.05) is 18.2 Å². The SMILES string of the molecule is COc1ccc2c(c1)C(=O)c1c-2n(CCCBr)c(=O)c2cc(N)ccc12.